The highest BCUT2D eigenvalue weighted by atomic mass is 16.5. The lowest BCUT2D eigenvalue weighted by molar-refractivity contribution is -0.0231. The van der Waals surface area contributed by atoms with Crippen molar-refractivity contribution in [2.24, 2.45) is 11.8 Å². The number of fused-ring (bicyclic) bond motifs is 1. The van der Waals surface area contributed by atoms with E-state index in [0.29, 0.717) is 18.4 Å². The zero-order valence-corrected chi connectivity index (χ0v) is 17.5. The number of aliphatic hydroxyl groups excluding tert-OH is 1. The van der Waals surface area contributed by atoms with Gasteiger partial charge >= 0.3 is 0 Å². The third-order valence-electron chi connectivity index (χ3n) is 6.70. The number of aliphatic hydroxyl groups is 1. The molecule has 2 fully saturated rings. The number of ether oxygens (including phenoxy) is 1. The number of nitrogens with zero attached hydrogens (tertiary/aromatic N) is 1. The average Bonchev–Trinajstić information content (AvgIpc) is 3.18. The molecular weight excluding hydrogens is 388 g/mol. The Morgan fingerprint density at radius 2 is 1.61 bits per heavy atom. The number of hydrogen-bond donors (Lipinski definition) is 2. The van der Waals surface area contributed by atoms with Crippen LogP contribution in [0, 0.1) is 11.8 Å². The van der Waals surface area contributed by atoms with E-state index >= 15 is 0 Å². The summed E-state index contributed by atoms with van der Waals surface area (Å²) < 4.78 is 6.22. The molecular formula is C26H28N2O3. The highest BCUT2D eigenvalue weighted by molar-refractivity contribution is 5.63. The van der Waals surface area contributed by atoms with Crippen LogP contribution in [0.3, 0.4) is 0 Å². The number of likely N-dealkylation sites (tertiary alicyclic amines) is 1. The minimum atomic E-state index is -0.463. The summed E-state index contributed by atoms with van der Waals surface area (Å²) in [4.78, 5) is 17.1. The van der Waals surface area contributed by atoms with Gasteiger partial charge in [-0.15, -0.1) is 0 Å². The van der Waals surface area contributed by atoms with E-state index in [-0.39, 0.29) is 11.7 Å². The molecule has 0 unspecified atom stereocenters. The van der Waals surface area contributed by atoms with Gasteiger partial charge in [0.25, 0.3) is 5.56 Å². The van der Waals surface area contributed by atoms with E-state index in [1.807, 2.05) is 42.5 Å². The Kier molecular flexibility index (Phi) is 5.62. The molecule has 31 heavy (non-hydrogen) atoms. The Bertz CT molecular complexity index is 1060. The summed E-state index contributed by atoms with van der Waals surface area (Å²) in [5.41, 5.74) is 3.11. The summed E-state index contributed by atoms with van der Waals surface area (Å²) in [5, 5.41) is 10.7. The van der Waals surface area contributed by atoms with Crippen molar-refractivity contribution < 1.29 is 9.84 Å². The first-order chi connectivity index (χ1) is 15.2. The van der Waals surface area contributed by atoms with Crippen molar-refractivity contribution in [3.63, 3.8) is 0 Å². The number of benzene rings is 2. The molecule has 4 atom stereocenters. The quantitative estimate of drug-likeness (QED) is 0.666. The van der Waals surface area contributed by atoms with Gasteiger partial charge in [-0.2, -0.15) is 0 Å². The van der Waals surface area contributed by atoms with Crippen molar-refractivity contribution in [2.45, 2.75) is 31.6 Å². The minimum absolute atomic E-state index is 0.0161. The molecule has 5 nitrogen and oxygen atoms in total. The van der Waals surface area contributed by atoms with Crippen LogP contribution in [0.25, 0.3) is 11.1 Å². The van der Waals surface area contributed by atoms with E-state index in [1.54, 1.807) is 6.20 Å². The molecule has 1 aliphatic carbocycles. The summed E-state index contributed by atoms with van der Waals surface area (Å²) in [7, 11) is 0. The summed E-state index contributed by atoms with van der Waals surface area (Å²) in [5.74, 6) is 1.74. The Labute approximate surface area is 182 Å². The van der Waals surface area contributed by atoms with Gasteiger partial charge in [0.1, 0.15) is 11.9 Å². The van der Waals surface area contributed by atoms with Crippen molar-refractivity contribution in [3.8, 4) is 16.9 Å². The van der Waals surface area contributed by atoms with Crippen LogP contribution >= 0.6 is 0 Å². The van der Waals surface area contributed by atoms with Crippen LogP contribution in [0.5, 0.6) is 5.75 Å². The first-order valence-corrected chi connectivity index (χ1v) is 11.0. The van der Waals surface area contributed by atoms with Crippen LogP contribution < -0.4 is 10.3 Å². The van der Waals surface area contributed by atoms with Gasteiger partial charge in [-0.1, -0.05) is 48.5 Å². The number of hydrogen-bond acceptors (Lipinski definition) is 4. The second-order valence-electron chi connectivity index (χ2n) is 8.82. The summed E-state index contributed by atoms with van der Waals surface area (Å²) in [6, 6.07) is 22.1. The van der Waals surface area contributed by atoms with Gasteiger partial charge < -0.3 is 14.8 Å². The number of rotatable bonds is 5. The molecule has 2 N–H and O–H groups in total. The Morgan fingerprint density at radius 1 is 0.903 bits per heavy atom. The number of pyridine rings is 1. The lowest BCUT2D eigenvalue weighted by Crippen LogP contribution is -2.42. The van der Waals surface area contributed by atoms with Crippen molar-refractivity contribution in [1.29, 1.82) is 0 Å². The topological polar surface area (TPSA) is 65.6 Å². The van der Waals surface area contributed by atoms with Crippen molar-refractivity contribution in [3.05, 3.63) is 88.8 Å². The summed E-state index contributed by atoms with van der Waals surface area (Å²) >= 11 is 0. The van der Waals surface area contributed by atoms with Gasteiger partial charge in [0.2, 0.25) is 0 Å². The molecule has 160 valence electrons. The predicted molar refractivity (Wildman–Crippen MR) is 121 cm³/mol. The zero-order chi connectivity index (χ0) is 21.2. The van der Waals surface area contributed by atoms with E-state index < -0.39 is 6.10 Å². The van der Waals surface area contributed by atoms with Crippen LogP contribution in [0.1, 0.15) is 18.4 Å². The minimum Gasteiger partial charge on any atom is -0.488 e. The van der Waals surface area contributed by atoms with Crippen LogP contribution in [-0.2, 0) is 6.54 Å². The molecule has 2 aromatic carbocycles. The molecule has 0 bridgehead atoms. The van der Waals surface area contributed by atoms with E-state index in [4.69, 9.17) is 4.74 Å². The molecule has 2 heterocycles. The molecule has 1 saturated heterocycles. The molecule has 0 spiro atoms. The molecule has 1 aliphatic heterocycles. The first-order valence-electron chi connectivity index (χ1n) is 11.0. The van der Waals surface area contributed by atoms with Gasteiger partial charge in [-0.3, -0.25) is 9.69 Å². The Hall–Kier alpha value is -2.89. The highest BCUT2D eigenvalue weighted by Crippen LogP contribution is 2.38. The molecule has 1 saturated carbocycles. The average molecular weight is 417 g/mol. The smallest absolute Gasteiger partial charge is 0.252 e. The molecule has 5 rings (SSSR count). The SMILES string of the molecule is O=c1[nH]cccc1CN1C[C@H]2C[C@@H](Oc3ccc(-c4ccccc4)cc3)[C@H](O)C[C@H]2C1. The number of aromatic nitrogens is 1. The number of aromatic amines is 1. The Morgan fingerprint density at radius 3 is 2.35 bits per heavy atom. The Balaban J connectivity index is 1.21. The summed E-state index contributed by atoms with van der Waals surface area (Å²) in [6.45, 7) is 2.53. The largest absolute Gasteiger partial charge is 0.488 e. The highest BCUT2D eigenvalue weighted by Gasteiger charge is 2.42. The monoisotopic (exact) mass is 416 g/mol. The molecule has 1 aromatic heterocycles. The standard InChI is InChI=1S/C26H28N2O3/c29-24-13-21-16-28(15-20-7-4-12-27-26(20)30)17-22(21)14-25(24)31-23-10-8-19(9-11-23)18-5-2-1-3-6-18/h1-12,21-22,24-25,29H,13-17H2,(H,27,30)/t21-,22+,24+,25+/m0/s1. The van der Waals surface area contributed by atoms with Gasteiger partial charge in [0.05, 0.1) is 6.10 Å². The molecule has 0 amide bonds. The third-order valence-corrected chi connectivity index (χ3v) is 6.70. The maximum absolute atomic E-state index is 12.0. The number of H-pyrrole nitrogens is 1. The van der Waals surface area contributed by atoms with E-state index in [1.165, 1.54) is 5.56 Å². The zero-order valence-electron chi connectivity index (χ0n) is 17.5. The van der Waals surface area contributed by atoms with E-state index in [9.17, 15) is 9.90 Å². The van der Waals surface area contributed by atoms with Gasteiger partial charge in [0, 0.05) is 31.4 Å². The van der Waals surface area contributed by atoms with Gasteiger partial charge in [-0.05, 0) is 54.0 Å². The van der Waals surface area contributed by atoms with Crippen LogP contribution in [0.4, 0.5) is 0 Å². The molecule has 5 heteroatoms. The molecule has 0 radical (unpaired) electrons. The lowest BCUT2D eigenvalue weighted by atomic mass is 9.78. The molecule has 2 aliphatic rings. The molecule has 3 aromatic rings. The fourth-order valence-corrected chi connectivity index (χ4v) is 5.10. The fraction of sp³-hybridized carbons (Fsp3) is 0.346. The van der Waals surface area contributed by atoms with E-state index in [0.717, 1.165) is 42.8 Å². The van der Waals surface area contributed by atoms with Gasteiger partial charge in [-0.25, -0.2) is 0 Å². The first kappa shape index (κ1) is 20.0. The fourth-order valence-electron chi connectivity index (χ4n) is 5.10. The summed E-state index contributed by atoms with van der Waals surface area (Å²) in [6.07, 6.45) is 2.60. The number of nitrogens with one attached hydrogen (secondary N) is 1. The third kappa shape index (κ3) is 4.43. The van der Waals surface area contributed by atoms with Gasteiger partial charge in [0.15, 0.2) is 0 Å². The lowest BCUT2D eigenvalue weighted by Gasteiger charge is -2.35. The maximum Gasteiger partial charge on any atom is 0.252 e. The van der Waals surface area contributed by atoms with E-state index in [2.05, 4.69) is 34.1 Å². The normalized spacial score (nSPS) is 25.8. The second kappa shape index (κ2) is 8.69. The predicted octanol–water partition coefficient (Wildman–Crippen LogP) is 3.69. The maximum atomic E-state index is 12.0. The van der Waals surface area contributed by atoms with Crippen molar-refractivity contribution in [1.82, 2.24) is 9.88 Å². The second-order valence-corrected chi connectivity index (χ2v) is 8.82. The van der Waals surface area contributed by atoms with Crippen molar-refractivity contribution in [2.75, 3.05) is 13.1 Å². The van der Waals surface area contributed by atoms with Crippen LogP contribution in [0.15, 0.2) is 77.7 Å². The van der Waals surface area contributed by atoms with Crippen molar-refractivity contribution >= 4 is 0 Å². The van der Waals surface area contributed by atoms with Crippen LogP contribution in [0.2, 0.25) is 0 Å². The van der Waals surface area contributed by atoms with Crippen LogP contribution in [-0.4, -0.2) is 40.3 Å².